The van der Waals surface area contributed by atoms with Gasteiger partial charge in [-0.05, 0) is 44.0 Å². The zero-order chi connectivity index (χ0) is 14.8. The second-order valence-corrected chi connectivity index (χ2v) is 6.41. The number of hydrogen-bond donors (Lipinski definition) is 1. The fraction of sp³-hybridized carbons (Fsp3) is 0.471. The van der Waals surface area contributed by atoms with Crippen LogP contribution in [-0.2, 0) is 0 Å². The summed E-state index contributed by atoms with van der Waals surface area (Å²) in [5.74, 6) is 0.842. The monoisotopic (exact) mass is 295 g/mol. The minimum atomic E-state index is 0.419. The Kier molecular flexibility index (Phi) is 3.50. The quantitative estimate of drug-likeness (QED) is 0.919. The molecule has 22 heavy (non-hydrogen) atoms. The van der Waals surface area contributed by atoms with Gasteiger partial charge in [-0.15, -0.1) is 0 Å². The maximum absolute atomic E-state index is 4.75. The average Bonchev–Trinajstić information content (AvgIpc) is 3.03. The lowest BCUT2D eigenvalue weighted by atomic mass is 9.79. The summed E-state index contributed by atoms with van der Waals surface area (Å²) in [7, 11) is 0. The van der Waals surface area contributed by atoms with Crippen molar-refractivity contribution in [3.8, 4) is 11.4 Å². The van der Waals surface area contributed by atoms with E-state index in [1.54, 1.807) is 6.20 Å². The maximum atomic E-state index is 4.75. The molecule has 2 saturated heterocycles. The highest BCUT2D eigenvalue weighted by molar-refractivity contribution is 5.55. The summed E-state index contributed by atoms with van der Waals surface area (Å²) in [5.41, 5.74) is 2.22. The summed E-state index contributed by atoms with van der Waals surface area (Å²) in [6, 6.07) is 7.84. The van der Waals surface area contributed by atoms with Gasteiger partial charge in [0.25, 0.3) is 0 Å². The van der Waals surface area contributed by atoms with Crippen LogP contribution in [0.5, 0.6) is 0 Å². The zero-order valence-corrected chi connectivity index (χ0v) is 12.7. The van der Waals surface area contributed by atoms with Crippen molar-refractivity contribution >= 4 is 5.95 Å². The van der Waals surface area contributed by atoms with Crippen molar-refractivity contribution in [2.45, 2.75) is 19.3 Å². The number of hydrogen-bond acceptors (Lipinski definition) is 5. The fourth-order valence-corrected chi connectivity index (χ4v) is 3.68. The van der Waals surface area contributed by atoms with Crippen LogP contribution in [0.3, 0.4) is 0 Å². The largest absolute Gasteiger partial charge is 0.340 e. The van der Waals surface area contributed by atoms with Crippen LogP contribution in [-0.4, -0.2) is 41.1 Å². The van der Waals surface area contributed by atoms with Crippen molar-refractivity contribution in [3.63, 3.8) is 0 Å². The maximum Gasteiger partial charge on any atom is 0.225 e. The van der Waals surface area contributed by atoms with Gasteiger partial charge in [0.2, 0.25) is 5.95 Å². The summed E-state index contributed by atoms with van der Waals surface area (Å²) in [6.45, 7) is 4.38. The number of pyridine rings is 1. The van der Waals surface area contributed by atoms with E-state index >= 15 is 0 Å². The first kappa shape index (κ1) is 13.6. The minimum Gasteiger partial charge on any atom is -0.340 e. The van der Waals surface area contributed by atoms with Gasteiger partial charge in [0.15, 0.2) is 0 Å². The van der Waals surface area contributed by atoms with Gasteiger partial charge in [-0.1, -0.05) is 6.07 Å². The van der Waals surface area contributed by atoms with Gasteiger partial charge in [0, 0.05) is 37.4 Å². The second-order valence-electron chi connectivity index (χ2n) is 6.41. The van der Waals surface area contributed by atoms with E-state index in [2.05, 4.69) is 20.2 Å². The fourth-order valence-electron chi connectivity index (χ4n) is 3.68. The van der Waals surface area contributed by atoms with Crippen molar-refractivity contribution in [1.29, 1.82) is 0 Å². The molecular weight excluding hydrogens is 274 g/mol. The summed E-state index contributed by atoms with van der Waals surface area (Å²) >= 11 is 0. The molecular formula is C17H21N5. The van der Waals surface area contributed by atoms with Crippen LogP contribution < -0.4 is 10.2 Å². The second kappa shape index (κ2) is 5.65. The van der Waals surface area contributed by atoms with Gasteiger partial charge in [0.1, 0.15) is 0 Å². The number of aromatic nitrogens is 3. The van der Waals surface area contributed by atoms with E-state index in [-0.39, 0.29) is 0 Å². The molecule has 0 saturated carbocycles. The third-order valence-corrected chi connectivity index (χ3v) is 4.85. The average molecular weight is 295 g/mol. The van der Waals surface area contributed by atoms with Gasteiger partial charge in [-0.25, -0.2) is 9.97 Å². The van der Waals surface area contributed by atoms with E-state index < -0.39 is 0 Å². The summed E-state index contributed by atoms with van der Waals surface area (Å²) in [6.07, 6.45) is 7.45. The van der Waals surface area contributed by atoms with Crippen molar-refractivity contribution < 1.29 is 0 Å². The van der Waals surface area contributed by atoms with E-state index in [4.69, 9.17) is 4.98 Å². The lowest BCUT2D eigenvalue weighted by Gasteiger charge is -2.40. The van der Waals surface area contributed by atoms with E-state index in [0.717, 1.165) is 43.5 Å². The van der Waals surface area contributed by atoms with Gasteiger partial charge in [-0.2, -0.15) is 0 Å². The first-order chi connectivity index (χ1) is 10.8. The Bertz CT molecular complexity index is 637. The number of piperidine rings is 1. The van der Waals surface area contributed by atoms with Crippen molar-refractivity contribution in [2.75, 3.05) is 31.1 Å². The Hall–Kier alpha value is -2.01. The molecule has 1 spiro atoms. The van der Waals surface area contributed by atoms with Crippen LogP contribution in [0, 0.1) is 5.41 Å². The van der Waals surface area contributed by atoms with Gasteiger partial charge in [0.05, 0.1) is 11.4 Å². The summed E-state index contributed by atoms with van der Waals surface area (Å²) in [5, 5.41) is 3.51. The van der Waals surface area contributed by atoms with Crippen LogP contribution in [0.15, 0.2) is 36.7 Å². The number of rotatable bonds is 2. The van der Waals surface area contributed by atoms with E-state index in [0.29, 0.717) is 5.41 Å². The van der Waals surface area contributed by atoms with E-state index in [1.807, 2.05) is 30.5 Å². The van der Waals surface area contributed by atoms with Crippen LogP contribution in [0.2, 0.25) is 0 Å². The molecule has 2 fully saturated rings. The highest BCUT2D eigenvalue weighted by Gasteiger charge is 2.38. The molecule has 0 aromatic carbocycles. The molecule has 2 aromatic rings. The van der Waals surface area contributed by atoms with Crippen molar-refractivity contribution in [1.82, 2.24) is 20.3 Å². The van der Waals surface area contributed by atoms with Crippen LogP contribution >= 0.6 is 0 Å². The summed E-state index contributed by atoms with van der Waals surface area (Å²) in [4.78, 5) is 16.0. The van der Waals surface area contributed by atoms with Gasteiger partial charge < -0.3 is 10.2 Å². The molecule has 4 rings (SSSR count). The standard InChI is InChI=1S/C17H21N5/c1-2-8-19-14(4-1)15-5-9-20-16(21-15)22-11-3-6-17(13-22)7-10-18-12-17/h1-2,4-5,8-9,18H,3,6-7,10-13H2/t17-/m0/s1. The molecule has 0 bridgehead atoms. The molecule has 0 aliphatic carbocycles. The first-order valence-electron chi connectivity index (χ1n) is 8.05. The van der Waals surface area contributed by atoms with E-state index in [1.165, 1.54) is 19.3 Å². The van der Waals surface area contributed by atoms with Crippen LogP contribution in [0.25, 0.3) is 11.4 Å². The SMILES string of the molecule is c1ccc(-c2ccnc(N3CCC[C@@]4(CCNC4)C3)n2)nc1. The number of nitrogens with zero attached hydrogens (tertiary/aromatic N) is 4. The molecule has 0 radical (unpaired) electrons. The van der Waals surface area contributed by atoms with Crippen LogP contribution in [0.1, 0.15) is 19.3 Å². The van der Waals surface area contributed by atoms with Gasteiger partial charge >= 0.3 is 0 Å². The molecule has 1 atom stereocenters. The molecule has 2 aliphatic rings. The summed E-state index contributed by atoms with van der Waals surface area (Å²) < 4.78 is 0. The highest BCUT2D eigenvalue weighted by Crippen LogP contribution is 2.36. The lowest BCUT2D eigenvalue weighted by molar-refractivity contribution is 0.259. The molecule has 1 N–H and O–H groups in total. The van der Waals surface area contributed by atoms with Crippen LogP contribution in [0.4, 0.5) is 5.95 Å². The Balaban J connectivity index is 1.60. The number of anilines is 1. The Morgan fingerprint density at radius 3 is 2.86 bits per heavy atom. The van der Waals surface area contributed by atoms with Crippen molar-refractivity contribution in [2.24, 2.45) is 5.41 Å². The highest BCUT2D eigenvalue weighted by atomic mass is 15.3. The molecule has 0 unspecified atom stereocenters. The molecule has 5 heteroatoms. The third kappa shape index (κ3) is 2.57. The molecule has 2 aliphatic heterocycles. The first-order valence-corrected chi connectivity index (χ1v) is 8.05. The number of nitrogens with one attached hydrogen (secondary N) is 1. The third-order valence-electron chi connectivity index (χ3n) is 4.85. The predicted molar refractivity (Wildman–Crippen MR) is 86.6 cm³/mol. The van der Waals surface area contributed by atoms with Crippen molar-refractivity contribution in [3.05, 3.63) is 36.7 Å². The molecule has 4 heterocycles. The normalized spacial score (nSPS) is 24.8. The minimum absolute atomic E-state index is 0.419. The molecule has 2 aromatic heterocycles. The van der Waals surface area contributed by atoms with E-state index in [9.17, 15) is 0 Å². The topological polar surface area (TPSA) is 53.9 Å². The Morgan fingerprint density at radius 1 is 1.05 bits per heavy atom. The smallest absolute Gasteiger partial charge is 0.225 e. The molecule has 5 nitrogen and oxygen atoms in total. The molecule has 0 amide bonds. The molecule has 114 valence electrons. The zero-order valence-electron chi connectivity index (χ0n) is 12.7. The van der Waals surface area contributed by atoms with Gasteiger partial charge in [-0.3, -0.25) is 4.98 Å². The Labute approximate surface area is 130 Å². The predicted octanol–water partition coefficient (Wildman–Crippen LogP) is 2.12. The lowest BCUT2D eigenvalue weighted by Crippen LogP contribution is -2.45. The Morgan fingerprint density at radius 2 is 2.05 bits per heavy atom.